The number of benzene rings is 3. The SMILES string of the molecule is Cc1cc(C)c(C2C(C#N)=C(N)N(c3ccc(F)cc3[N+](=O)[O-])C3=C2C(=O)CC(C)(C)C3)cc1COc1ccccc1Cl. The molecular weight excluding hydrogens is 571 g/mol. The lowest BCUT2D eigenvalue weighted by atomic mass is 9.68. The number of nitrogens with zero attached hydrogens (tertiary/aromatic N) is 3. The highest BCUT2D eigenvalue weighted by Gasteiger charge is 2.46. The average Bonchev–Trinajstić information content (AvgIpc) is 2.92. The number of carbonyl (C=O) groups excluding carboxylic acids is 1. The van der Waals surface area contributed by atoms with E-state index in [1.54, 1.807) is 12.1 Å². The van der Waals surface area contributed by atoms with Gasteiger partial charge in [-0.3, -0.25) is 19.8 Å². The van der Waals surface area contributed by atoms with Crippen LogP contribution in [-0.4, -0.2) is 10.7 Å². The Kier molecular flexibility index (Phi) is 7.76. The third kappa shape index (κ3) is 5.46. The first kappa shape index (κ1) is 29.8. The molecule has 1 heterocycles. The first-order chi connectivity index (χ1) is 20.3. The molecule has 10 heteroatoms. The predicted molar refractivity (Wildman–Crippen MR) is 162 cm³/mol. The summed E-state index contributed by atoms with van der Waals surface area (Å²) in [7, 11) is 0. The van der Waals surface area contributed by atoms with Crippen molar-refractivity contribution in [2.75, 3.05) is 4.90 Å². The number of anilines is 1. The fourth-order valence-corrected chi connectivity index (χ4v) is 6.22. The molecule has 220 valence electrons. The number of nitrogens with two attached hydrogens (primary N) is 1. The minimum Gasteiger partial charge on any atom is -0.487 e. The zero-order valence-electron chi connectivity index (χ0n) is 24.2. The van der Waals surface area contributed by atoms with Crippen molar-refractivity contribution in [1.82, 2.24) is 0 Å². The van der Waals surface area contributed by atoms with Gasteiger partial charge in [-0.05, 0) is 72.2 Å². The van der Waals surface area contributed by atoms with Crippen molar-refractivity contribution >= 4 is 28.8 Å². The Morgan fingerprint density at radius 2 is 1.88 bits per heavy atom. The molecule has 3 aromatic rings. The molecule has 0 saturated carbocycles. The molecule has 1 atom stereocenters. The molecule has 1 aliphatic heterocycles. The number of allylic oxidation sites excluding steroid dienone is 3. The van der Waals surface area contributed by atoms with Crippen LogP contribution in [0.3, 0.4) is 0 Å². The highest BCUT2D eigenvalue weighted by atomic mass is 35.5. The lowest BCUT2D eigenvalue weighted by molar-refractivity contribution is -0.384. The third-order valence-electron chi connectivity index (χ3n) is 8.01. The highest BCUT2D eigenvalue weighted by Crippen LogP contribution is 2.52. The van der Waals surface area contributed by atoms with Crippen LogP contribution < -0.4 is 15.4 Å². The minimum atomic E-state index is -0.806. The average molecular weight is 601 g/mol. The molecular formula is C33H30ClFN4O4. The number of carbonyl (C=O) groups is 1. The van der Waals surface area contributed by atoms with Crippen LogP contribution in [0.2, 0.25) is 5.02 Å². The van der Waals surface area contributed by atoms with Crippen LogP contribution in [0.1, 0.15) is 54.9 Å². The van der Waals surface area contributed by atoms with E-state index in [0.717, 1.165) is 28.8 Å². The van der Waals surface area contributed by atoms with Gasteiger partial charge in [-0.15, -0.1) is 0 Å². The van der Waals surface area contributed by atoms with E-state index in [0.29, 0.717) is 34.0 Å². The Bertz CT molecular complexity index is 1790. The second kappa shape index (κ2) is 11.2. The van der Waals surface area contributed by atoms with E-state index in [-0.39, 0.29) is 35.9 Å². The fraction of sp³-hybridized carbons (Fsp3) is 0.273. The molecule has 0 amide bonds. The number of halogens is 2. The van der Waals surface area contributed by atoms with Gasteiger partial charge >= 0.3 is 0 Å². The van der Waals surface area contributed by atoms with E-state index in [1.165, 1.54) is 11.0 Å². The van der Waals surface area contributed by atoms with Crippen molar-refractivity contribution in [3.63, 3.8) is 0 Å². The van der Waals surface area contributed by atoms with Gasteiger partial charge in [0.05, 0.1) is 33.6 Å². The summed E-state index contributed by atoms with van der Waals surface area (Å²) < 4.78 is 20.1. The Morgan fingerprint density at radius 3 is 2.56 bits per heavy atom. The van der Waals surface area contributed by atoms with Gasteiger partial charge in [0.1, 0.15) is 29.7 Å². The van der Waals surface area contributed by atoms with E-state index in [9.17, 15) is 24.6 Å². The standard InChI is InChI=1S/C33H30ClFN4O4/c1-18-11-19(2)22(12-20(18)17-43-29-8-6-5-7-24(29)34)30-23(16-36)32(37)38(25-10-9-21(35)13-26(25)39(41)42)27-14-33(3,4)15-28(40)31(27)30/h5-13,30H,14-15,17,37H2,1-4H3. The van der Waals surface area contributed by atoms with Crippen LogP contribution in [-0.2, 0) is 11.4 Å². The summed E-state index contributed by atoms with van der Waals surface area (Å²) in [6.45, 7) is 7.91. The van der Waals surface area contributed by atoms with Crippen LogP contribution in [0.4, 0.5) is 15.8 Å². The minimum absolute atomic E-state index is 0.0115. The number of ketones is 1. The Hall–Kier alpha value is -4.68. The second-order valence-electron chi connectivity index (χ2n) is 11.7. The maximum atomic E-state index is 14.1. The van der Waals surface area contributed by atoms with Gasteiger partial charge in [-0.2, -0.15) is 5.26 Å². The van der Waals surface area contributed by atoms with Crippen LogP contribution >= 0.6 is 11.6 Å². The molecule has 0 bridgehead atoms. The van der Waals surface area contributed by atoms with E-state index >= 15 is 0 Å². The van der Waals surface area contributed by atoms with E-state index in [4.69, 9.17) is 22.1 Å². The number of para-hydroxylation sites is 1. The summed E-state index contributed by atoms with van der Waals surface area (Å²) in [6, 6.07) is 16.4. The number of Topliss-reactive ketones (excluding diaryl/α,β-unsaturated/α-hetero) is 1. The number of nitro benzene ring substituents is 1. The van der Waals surface area contributed by atoms with Gasteiger partial charge in [0.2, 0.25) is 0 Å². The van der Waals surface area contributed by atoms with Crippen molar-refractivity contribution in [3.05, 3.63) is 120 Å². The number of hydrogen-bond acceptors (Lipinski definition) is 7. The van der Waals surface area contributed by atoms with Gasteiger partial charge in [0.15, 0.2) is 5.78 Å². The van der Waals surface area contributed by atoms with E-state index < -0.39 is 27.8 Å². The second-order valence-corrected chi connectivity index (χ2v) is 12.1. The maximum absolute atomic E-state index is 14.1. The molecule has 1 unspecified atom stereocenters. The molecule has 0 aromatic heterocycles. The van der Waals surface area contributed by atoms with E-state index in [2.05, 4.69) is 6.07 Å². The number of nitro groups is 1. The molecule has 5 rings (SSSR count). The normalized spacial score (nSPS) is 17.9. The Morgan fingerprint density at radius 1 is 1.16 bits per heavy atom. The lowest BCUT2D eigenvalue weighted by Crippen LogP contribution is -2.42. The van der Waals surface area contributed by atoms with Crippen LogP contribution in [0, 0.1) is 46.5 Å². The number of nitriles is 1. The monoisotopic (exact) mass is 600 g/mol. The molecule has 0 fully saturated rings. The summed E-state index contributed by atoms with van der Waals surface area (Å²) >= 11 is 6.29. The summed E-state index contributed by atoms with van der Waals surface area (Å²) in [5.41, 5.74) is 9.90. The molecule has 2 N–H and O–H groups in total. The van der Waals surface area contributed by atoms with E-state index in [1.807, 2.05) is 52.0 Å². The molecule has 2 aliphatic rings. The van der Waals surface area contributed by atoms with Gasteiger partial charge in [0, 0.05) is 17.7 Å². The Labute approximate surface area is 254 Å². The van der Waals surface area contributed by atoms with Gasteiger partial charge in [0.25, 0.3) is 5.69 Å². The molecule has 0 radical (unpaired) electrons. The summed E-state index contributed by atoms with van der Waals surface area (Å²) in [5, 5.41) is 22.9. The van der Waals surface area contributed by atoms with Gasteiger partial charge < -0.3 is 10.5 Å². The number of ether oxygens (including phenoxy) is 1. The molecule has 1 aliphatic carbocycles. The number of aryl methyl sites for hydroxylation is 2. The summed E-state index contributed by atoms with van der Waals surface area (Å²) in [5.74, 6) is -1.29. The Balaban J connectivity index is 1.71. The first-order valence-electron chi connectivity index (χ1n) is 13.7. The molecule has 0 saturated heterocycles. The van der Waals surface area contributed by atoms with Crippen molar-refractivity contribution in [2.45, 2.75) is 53.1 Å². The first-order valence-corrected chi connectivity index (χ1v) is 14.1. The number of hydrogen-bond donors (Lipinski definition) is 1. The smallest absolute Gasteiger partial charge is 0.296 e. The van der Waals surface area contributed by atoms with Gasteiger partial charge in [-0.25, -0.2) is 4.39 Å². The maximum Gasteiger partial charge on any atom is 0.296 e. The molecule has 0 spiro atoms. The van der Waals surface area contributed by atoms with Crippen molar-refractivity contribution in [3.8, 4) is 11.8 Å². The molecule has 8 nitrogen and oxygen atoms in total. The largest absolute Gasteiger partial charge is 0.487 e. The summed E-state index contributed by atoms with van der Waals surface area (Å²) in [6.07, 6.45) is 0.569. The zero-order valence-corrected chi connectivity index (χ0v) is 25.0. The predicted octanol–water partition coefficient (Wildman–Crippen LogP) is 7.52. The number of rotatable bonds is 6. The van der Waals surface area contributed by atoms with Crippen LogP contribution in [0.5, 0.6) is 5.75 Å². The quantitative estimate of drug-likeness (QED) is 0.229. The van der Waals surface area contributed by atoms with Crippen LogP contribution in [0.25, 0.3) is 0 Å². The highest BCUT2D eigenvalue weighted by molar-refractivity contribution is 6.32. The summed E-state index contributed by atoms with van der Waals surface area (Å²) in [4.78, 5) is 26.7. The molecule has 43 heavy (non-hydrogen) atoms. The lowest BCUT2D eigenvalue weighted by Gasteiger charge is -2.43. The third-order valence-corrected chi connectivity index (χ3v) is 8.32. The fourth-order valence-electron chi connectivity index (χ4n) is 6.03. The van der Waals surface area contributed by atoms with Crippen LogP contribution in [0.15, 0.2) is 77.3 Å². The van der Waals surface area contributed by atoms with Crippen molar-refractivity contribution in [2.24, 2.45) is 11.1 Å². The van der Waals surface area contributed by atoms with Crippen molar-refractivity contribution < 1.29 is 18.8 Å². The van der Waals surface area contributed by atoms with Gasteiger partial charge in [-0.1, -0.05) is 49.7 Å². The zero-order chi connectivity index (χ0) is 31.2. The topological polar surface area (TPSA) is 122 Å². The molecule has 3 aromatic carbocycles. The van der Waals surface area contributed by atoms with Crippen molar-refractivity contribution in [1.29, 1.82) is 5.26 Å².